The molecule has 0 fully saturated rings. The minimum Gasteiger partial charge on any atom is -0.462 e. The molecule has 0 atom stereocenters. The van der Waals surface area contributed by atoms with Crippen LogP contribution in [0.1, 0.15) is 76.5 Å². The van der Waals surface area contributed by atoms with Gasteiger partial charge in [0.2, 0.25) is 0 Å². The van der Waals surface area contributed by atoms with Crippen LogP contribution in [0.25, 0.3) is 0 Å². The fourth-order valence-corrected chi connectivity index (χ4v) is 4.33. The molecule has 0 aliphatic rings. The molecule has 4 amide bonds. The van der Waals surface area contributed by atoms with Gasteiger partial charge in [-0.05, 0) is 62.4 Å². The van der Waals surface area contributed by atoms with Crippen molar-refractivity contribution in [2.24, 2.45) is 0 Å². The van der Waals surface area contributed by atoms with Crippen LogP contribution in [-0.4, -0.2) is 106 Å². The maximum Gasteiger partial charge on any atom is 0.338 e. The number of hydrogen-bond donors (Lipinski definition) is 4. The summed E-state index contributed by atoms with van der Waals surface area (Å²) in [5.74, 6) is -3.37. The lowest BCUT2D eigenvalue weighted by Crippen LogP contribution is -2.38. The van der Waals surface area contributed by atoms with E-state index in [1.807, 2.05) is 0 Å². The van der Waals surface area contributed by atoms with Gasteiger partial charge in [0.05, 0.1) is 37.0 Å². The van der Waals surface area contributed by atoms with E-state index in [4.69, 9.17) is 9.47 Å². The number of anilines is 2. The number of ether oxygens (including phenoxy) is 2. The molecule has 16 heteroatoms. The van der Waals surface area contributed by atoms with Crippen molar-refractivity contribution in [3.63, 3.8) is 0 Å². The summed E-state index contributed by atoms with van der Waals surface area (Å²) < 4.78 is 9.90. The molecule has 48 heavy (non-hydrogen) atoms. The molecule has 250 valence electrons. The number of imidazole rings is 2. The average Bonchev–Trinajstić information content (AvgIpc) is 3.78. The molecule has 4 aromatic rings. The Morgan fingerprint density at radius 1 is 0.625 bits per heavy atom. The third-order valence-corrected chi connectivity index (χ3v) is 6.91. The lowest BCUT2D eigenvalue weighted by molar-refractivity contribution is 0.0517. The number of carbonyl (C=O) groups excluding carboxylic acids is 6. The quantitative estimate of drug-likeness (QED) is 0.154. The van der Waals surface area contributed by atoms with Gasteiger partial charge >= 0.3 is 11.9 Å². The summed E-state index contributed by atoms with van der Waals surface area (Å²) in [6.07, 6.45) is 2.43. The summed E-state index contributed by atoms with van der Waals surface area (Å²) >= 11 is 0. The number of rotatable bonds is 13. The number of aromatic amines is 2. The molecule has 0 aliphatic heterocycles. The van der Waals surface area contributed by atoms with E-state index in [2.05, 4.69) is 30.6 Å². The molecule has 0 unspecified atom stereocenters. The standard InChI is InChI=1S/C32H34N8O8/c1-5-47-31(45)19-7-11-21(12-8-19)37-27(41)23-25(35-17-33-23)29(43)39(3)15-16-40(4)30(44)26-24(34-18-36-26)28(42)38-22-13-9-20(10-14-22)32(46)48-6-2/h7-14,17-18H,5-6,15-16H2,1-4H3,(H,33,35)(H,34,36)(H,37,41)(H,38,42). The van der Waals surface area contributed by atoms with E-state index in [0.29, 0.717) is 22.5 Å². The van der Waals surface area contributed by atoms with Gasteiger partial charge in [-0.2, -0.15) is 0 Å². The van der Waals surface area contributed by atoms with Crippen LogP contribution in [0.5, 0.6) is 0 Å². The first-order chi connectivity index (χ1) is 23.0. The first-order valence-corrected chi connectivity index (χ1v) is 14.8. The van der Waals surface area contributed by atoms with Gasteiger partial charge in [0.25, 0.3) is 23.6 Å². The smallest absolute Gasteiger partial charge is 0.338 e. The normalized spacial score (nSPS) is 10.5. The fraction of sp³-hybridized carbons (Fsp3) is 0.250. The molecule has 2 heterocycles. The number of nitrogens with zero attached hydrogens (tertiary/aromatic N) is 4. The van der Waals surface area contributed by atoms with Gasteiger partial charge < -0.3 is 39.9 Å². The Labute approximate surface area is 274 Å². The monoisotopic (exact) mass is 658 g/mol. The summed E-state index contributed by atoms with van der Waals surface area (Å²) in [7, 11) is 3.00. The second-order valence-electron chi connectivity index (χ2n) is 10.2. The number of nitrogens with one attached hydrogen (secondary N) is 4. The molecule has 4 rings (SSSR count). The second kappa shape index (κ2) is 15.8. The van der Waals surface area contributed by atoms with Crippen LogP contribution >= 0.6 is 0 Å². The molecule has 2 aromatic carbocycles. The minimum absolute atomic E-state index is 0.0602. The lowest BCUT2D eigenvalue weighted by atomic mass is 10.2. The lowest BCUT2D eigenvalue weighted by Gasteiger charge is -2.22. The van der Waals surface area contributed by atoms with Crippen molar-refractivity contribution in [1.82, 2.24) is 29.7 Å². The largest absolute Gasteiger partial charge is 0.462 e. The van der Waals surface area contributed by atoms with Crippen molar-refractivity contribution in [1.29, 1.82) is 0 Å². The molecule has 0 saturated heterocycles. The first kappa shape index (κ1) is 34.6. The number of aromatic nitrogens is 4. The van der Waals surface area contributed by atoms with E-state index in [0.717, 1.165) is 0 Å². The molecule has 0 radical (unpaired) electrons. The maximum atomic E-state index is 13.2. The number of hydrogen-bond acceptors (Lipinski definition) is 10. The van der Waals surface area contributed by atoms with Gasteiger partial charge in [0.1, 0.15) is 11.4 Å². The summed E-state index contributed by atoms with van der Waals surface area (Å²) in [6.45, 7) is 4.00. The van der Waals surface area contributed by atoms with Crippen molar-refractivity contribution in [2.45, 2.75) is 13.8 Å². The number of H-pyrrole nitrogens is 2. The number of benzene rings is 2. The van der Waals surface area contributed by atoms with Gasteiger partial charge in [-0.25, -0.2) is 19.6 Å². The van der Waals surface area contributed by atoms with Crippen LogP contribution in [0.3, 0.4) is 0 Å². The van der Waals surface area contributed by atoms with Gasteiger partial charge in [-0.1, -0.05) is 0 Å². The zero-order valence-electron chi connectivity index (χ0n) is 26.7. The first-order valence-electron chi connectivity index (χ1n) is 14.8. The van der Waals surface area contributed by atoms with Crippen molar-refractivity contribution in [2.75, 3.05) is 51.0 Å². The Hall–Kier alpha value is -6.32. The molecule has 0 bridgehead atoms. The van der Waals surface area contributed by atoms with Crippen LogP contribution in [-0.2, 0) is 9.47 Å². The molecular weight excluding hydrogens is 624 g/mol. The highest BCUT2D eigenvalue weighted by atomic mass is 16.5. The fourth-order valence-electron chi connectivity index (χ4n) is 4.33. The Balaban J connectivity index is 1.33. The van der Waals surface area contributed by atoms with Gasteiger partial charge in [-0.15, -0.1) is 0 Å². The van der Waals surface area contributed by atoms with E-state index in [1.54, 1.807) is 13.8 Å². The third kappa shape index (κ3) is 8.28. The zero-order chi connectivity index (χ0) is 34.8. The van der Waals surface area contributed by atoms with Crippen molar-refractivity contribution in [3.8, 4) is 0 Å². The van der Waals surface area contributed by atoms with Gasteiger partial charge in [0.15, 0.2) is 11.4 Å². The number of esters is 2. The van der Waals surface area contributed by atoms with Crippen LogP contribution in [0.4, 0.5) is 11.4 Å². The molecular formula is C32H34N8O8. The Bertz CT molecular complexity index is 1670. The molecule has 0 saturated carbocycles. The Morgan fingerprint density at radius 2 is 0.979 bits per heavy atom. The van der Waals surface area contributed by atoms with Crippen LogP contribution in [0.15, 0.2) is 61.2 Å². The van der Waals surface area contributed by atoms with Crippen LogP contribution in [0, 0.1) is 0 Å². The highest BCUT2D eigenvalue weighted by molar-refractivity contribution is 6.11. The van der Waals surface area contributed by atoms with Crippen molar-refractivity contribution < 1.29 is 38.2 Å². The zero-order valence-corrected chi connectivity index (χ0v) is 26.7. The Kier molecular flexibility index (Phi) is 11.4. The number of carbonyl (C=O) groups is 6. The SMILES string of the molecule is CCOC(=O)c1ccc(NC(=O)c2nc[nH]c2C(=O)N(C)CCN(C)C(=O)c2[nH]cnc2C(=O)Nc2ccc(C(=O)OCC)cc2)cc1. The van der Waals surface area contributed by atoms with E-state index in [9.17, 15) is 28.8 Å². The predicted octanol–water partition coefficient (Wildman–Crippen LogP) is 2.84. The maximum absolute atomic E-state index is 13.2. The number of likely N-dealkylation sites (N-methyl/N-ethyl adjacent to an activating group) is 2. The van der Waals surface area contributed by atoms with Crippen LogP contribution < -0.4 is 10.6 Å². The van der Waals surface area contributed by atoms with E-state index in [-0.39, 0.29) is 49.1 Å². The third-order valence-electron chi connectivity index (χ3n) is 6.91. The summed E-state index contributed by atoms with van der Waals surface area (Å²) in [4.78, 5) is 92.0. The second-order valence-corrected chi connectivity index (χ2v) is 10.2. The van der Waals surface area contributed by atoms with Gasteiger partial charge in [0, 0.05) is 38.6 Å². The summed E-state index contributed by atoms with van der Waals surface area (Å²) in [6, 6.07) is 12.1. The molecule has 0 aliphatic carbocycles. The van der Waals surface area contributed by atoms with Gasteiger partial charge in [-0.3, -0.25) is 19.2 Å². The topological polar surface area (TPSA) is 209 Å². The highest BCUT2D eigenvalue weighted by Gasteiger charge is 2.26. The van der Waals surface area contributed by atoms with E-state index >= 15 is 0 Å². The minimum atomic E-state index is -0.649. The average molecular weight is 659 g/mol. The van der Waals surface area contributed by atoms with Crippen LogP contribution in [0.2, 0.25) is 0 Å². The van der Waals surface area contributed by atoms with Crippen molar-refractivity contribution >= 4 is 46.9 Å². The van der Waals surface area contributed by atoms with E-state index < -0.39 is 35.6 Å². The molecule has 2 aromatic heterocycles. The summed E-state index contributed by atoms with van der Waals surface area (Å²) in [5, 5.41) is 5.28. The molecule has 4 N–H and O–H groups in total. The van der Waals surface area contributed by atoms with Crippen molar-refractivity contribution in [3.05, 3.63) is 95.1 Å². The predicted molar refractivity (Wildman–Crippen MR) is 172 cm³/mol. The molecule has 0 spiro atoms. The summed E-state index contributed by atoms with van der Waals surface area (Å²) in [5.41, 5.74) is 0.987. The highest BCUT2D eigenvalue weighted by Crippen LogP contribution is 2.16. The Morgan fingerprint density at radius 3 is 1.31 bits per heavy atom. The van der Waals surface area contributed by atoms with E-state index in [1.165, 1.54) is 85.1 Å². The number of amides is 4. The molecule has 16 nitrogen and oxygen atoms in total.